The van der Waals surface area contributed by atoms with E-state index in [0.717, 1.165) is 13.3 Å². The van der Waals surface area contributed by atoms with Crippen molar-refractivity contribution >= 4 is 0 Å². The standard InChI is InChI=1S/C9H22N4/c1-7(2)9(13-8(3)4)11-5-10-6-12-9/h7-8,10-13H,5-6H2,1-4H3. The van der Waals surface area contributed by atoms with Gasteiger partial charge in [0.15, 0.2) is 0 Å². The molecule has 0 aromatic carbocycles. The molecule has 13 heavy (non-hydrogen) atoms. The van der Waals surface area contributed by atoms with Gasteiger partial charge >= 0.3 is 0 Å². The second-order valence-electron chi connectivity index (χ2n) is 4.22. The molecule has 0 amide bonds. The summed E-state index contributed by atoms with van der Waals surface area (Å²) in [5.74, 6) is 0.399. The predicted octanol–water partition coefficient (Wildman–Crippen LogP) is -0.00840. The summed E-state index contributed by atoms with van der Waals surface area (Å²) in [4.78, 5) is 0. The molecule has 0 atom stereocenters. The zero-order valence-electron chi connectivity index (χ0n) is 9.07. The maximum Gasteiger partial charge on any atom is 0.128 e. The summed E-state index contributed by atoms with van der Waals surface area (Å²) in [6.45, 7) is 10.4. The van der Waals surface area contributed by atoms with Crippen molar-refractivity contribution in [2.45, 2.75) is 39.5 Å². The molecule has 0 aromatic heterocycles. The van der Waals surface area contributed by atoms with E-state index in [0.29, 0.717) is 12.0 Å². The van der Waals surface area contributed by atoms with Crippen molar-refractivity contribution in [3.63, 3.8) is 0 Å². The second kappa shape index (κ2) is 4.37. The molecule has 0 saturated carbocycles. The fourth-order valence-electron chi connectivity index (χ4n) is 1.66. The third-order valence-corrected chi connectivity index (χ3v) is 2.37. The van der Waals surface area contributed by atoms with Crippen LogP contribution >= 0.6 is 0 Å². The molecule has 0 radical (unpaired) electrons. The Kier molecular flexibility index (Phi) is 3.67. The van der Waals surface area contributed by atoms with Crippen molar-refractivity contribution < 1.29 is 0 Å². The Labute approximate surface area is 80.9 Å². The van der Waals surface area contributed by atoms with Gasteiger partial charge in [-0.25, -0.2) is 0 Å². The largest absolute Gasteiger partial charge is 0.292 e. The summed E-state index contributed by atoms with van der Waals surface area (Å²) in [6, 6.07) is 0.473. The molecule has 1 aliphatic heterocycles. The zero-order valence-corrected chi connectivity index (χ0v) is 9.07. The second-order valence-corrected chi connectivity index (χ2v) is 4.22. The molecule has 0 aromatic rings. The SMILES string of the molecule is CC(C)NC1(C(C)C)NCNCN1. The fraction of sp³-hybridized carbons (Fsp3) is 1.00. The van der Waals surface area contributed by atoms with E-state index in [9.17, 15) is 0 Å². The van der Waals surface area contributed by atoms with Gasteiger partial charge in [0, 0.05) is 19.4 Å². The highest BCUT2D eigenvalue weighted by atomic mass is 15.4. The van der Waals surface area contributed by atoms with Gasteiger partial charge in [0.25, 0.3) is 0 Å². The summed E-state index contributed by atoms with van der Waals surface area (Å²) in [6.07, 6.45) is 0. The van der Waals surface area contributed by atoms with E-state index < -0.39 is 0 Å². The van der Waals surface area contributed by atoms with Crippen LogP contribution in [0.2, 0.25) is 0 Å². The number of hydrogen-bond donors (Lipinski definition) is 4. The van der Waals surface area contributed by atoms with E-state index in [1.165, 1.54) is 0 Å². The molecular weight excluding hydrogens is 164 g/mol. The van der Waals surface area contributed by atoms with Gasteiger partial charge in [-0.15, -0.1) is 0 Å². The summed E-state index contributed by atoms with van der Waals surface area (Å²) in [5.41, 5.74) is 0. The maximum absolute atomic E-state index is 3.53. The third kappa shape index (κ3) is 2.64. The summed E-state index contributed by atoms with van der Waals surface area (Å²) in [5, 5.41) is 13.6. The van der Waals surface area contributed by atoms with Crippen LogP contribution in [0.5, 0.6) is 0 Å². The minimum atomic E-state index is -0.112. The van der Waals surface area contributed by atoms with Gasteiger partial charge in [0.05, 0.1) is 0 Å². The van der Waals surface area contributed by atoms with Crippen LogP contribution in [0.3, 0.4) is 0 Å². The third-order valence-electron chi connectivity index (χ3n) is 2.37. The Morgan fingerprint density at radius 3 is 2.00 bits per heavy atom. The highest BCUT2D eigenvalue weighted by Gasteiger charge is 2.34. The lowest BCUT2D eigenvalue weighted by molar-refractivity contribution is 0.0887. The van der Waals surface area contributed by atoms with Gasteiger partial charge in [0.1, 0.15) is 5.79 Å². The van der Waals surface area contributed by atoms with E-state index >= 15 is 0 Å². The lowest BCUT2D eigenvalue weighted by Gasteiger charge is -2.44. The Balaban J connectivity index is 2.61. The Morgan fingerprint density at radius 2 is 1.62 bits per heavy atom. The summed E-state index contributed by atoms with van der Waals surface area (Å²) < 4.78 is 0. The highest BCUT2D eigenvalue weighted by Crippen LogP contribution is 2.12. The average molecular weight is 186 g/mol. The van der Waals surface area contributed by atoms with Crippen molar-refractivity contribution in [3.8, 4) is 0 Å². The van der Waals surface area contributed by atoms with Crippen molar-refractivity contribution in [1.82, 2.24) is 21.3 Å². The first-order chi connectivity index (χ1) is 6.07. The molecule has 78 valence electrons. The van der Waals surface area contributed by atoms with Crippen LogP contribution in [-0.2, 0) is 0 Å². The molecular formula is C9H22N4. The van der Waals surface area contributed by atoms with Crippen LogP contribution in [0.25, 0.3) is 0 Å². The molecule has 4 N–H and O–H groups in total. The number of rotatable bonds is 3. The molecule has 0 spiro atoms. The number of nitrogens with one attached hydrogen (secondary N) is 4. The van der Waals surface area contributed by atoms with E-state index in [4.69, 9.17) is 0 Å². The fourth-order valence-corrected chi connectivity index (χ4v) is 1.66. The Bertz CT molecular complexity index is 150. The van der Waals surface area contributed by atoms with Gasteiger partial charge in [-0.05, 0) is 19.8 Å². The average Bonchev–Trinajstić information content (AvgIpc) is 2.04. The highest BCUT2D eigenvalue weighted by molar-refractivity contribution is 4.89. The Morgan fingerprint density at radius 1 is 1.08 bits per heavy atom. The molecule has 0 aliphatic carbocycles. The van der Waals surface area contributed by atoms with Crippen molar-refractivity contribution in [2.24, 2.45) is 5.92 Å². The lowest BCUT2D eigenvalue weighted by atomic mass is 10.0. The van der Waals surface area contributed by atoms with Gasteiger partial charge in [-0.2, -0.15) is 0 Å². The van der Waals surface area contributed by atoms with Crippen molar-refractivity contribution in [1.29, 1.82) is 0 Å². The van der Waals surface area contributed by atoms with Crippen molar-refractivity contribution in [2.75, 3.05) is 13.3 Å². The minimum absolute atomic E-state index is 0.112. The van der Waals surface area contributed by atoms with Gasteiger partial charge in [-0.1, -0.05) is 13.8 Å². The van der Waals surface area contributed by atoms with Crippen LogP contribution in [0.15, 0.2) is 0 Å². The van der Waals surface area contributed by atoms with E-state index in [1.54, 1.807) is 0 Å². The molecule has 0 unspecified atom stereocenters. The van der Waals surface area contributed by atoms with Gasteiger partial charge < -0.3 is 0 Å². The molecule has 1 rings (SSSR count). The van der Waals surface area contributed by atoms with E-state index in [-0.39, 0.29) is 5.79 Å². The smallest absolute Gasteiger partial charge is 0.128 e. The monoisotopic (exact) mass is 186 g/mol. The first-order valence-electron chi connectivity index (χ1n) is 5.05. The molecule has 4 heteroatoms. The molecule has 4 nitrogen and oxygen atoms in total. The molecule has 1 aliphatic rings. The van der Waals surface area contributed by atoms with Gasteiger partial charge in [-0.3, -0.25) is 21.3 Å². The minimum Gasteiger partial charge on any atom is -0.292 e. The first-order valence-corrected chi connectivity index (χ1v) is 5.05. The molecule has 1 fully saturated rings. The quantitative estimate of drug-likeness (QED) is 0.501. The molecule has 0 bridgehead atoms. The van der Waals surface area contributed by atoms with Gasteiger partial charge in [0.2, 0.25) is 0 Å². The van der Waals surface area contributed by atoms with E-state index in [1.807, 2.05) is 0 Å². The first kappa shape index (κ1) is 10.9. The van der Waals surface area contributed by atoms with Crippen LogP contribution < -0.4 is 21.3 Å². The molecule has 1 saturated heterocycles. The summed E-state index contributed by atoms with van der Waals surface area (Å²) in [7, 11) is 0. The maximum atomic E-state index is 3.53. The topological polar surface area (TPSA) is 48.1 Å². The normalized spacial score (nSPS) is 22.6. The van der Waals surface area contributed by atoms with Crippen molar-refractivity contribution in [3.05, 3.63) is 0 Å². The van der Waals surface area contributed by atoms with Crippen LogP contribution in [0, 0.1) is 5.92 Å². The lowest BCUT2D eigenvalue weighted by Crippen LogP contribution is -2.76. The van der Waals surface area contributed by atoms with Crippen LogP contribution in [0.4, 0.5) is 0 Å². The Hall–Kier alpha value is -0.160. The number of hydrogen-bond acceptors (Lipinski definition) is 4. The predicted molar refractivity (Wildman–Crippen MR) is 55.0 cm³/mol. The molecule has 1 heterocycles. The zero-order chi connectivity index (χ0) is 9.90. The van der Waals surface area contributed by atoms with Crippen LogP contribution in [-0.4, -0.2) is 25.2 Å². The summed E-state index contributed by atoms with van der Waals surface area (Å²) >= 11 is 0. The van der Waals surface area contributed by atoms with Crippen LogP contribution in [0.1, 0.15) is 27.7 Å². The van der Waals surface area contributed by atoms with E-state index in [2.05, 4.69) is 49.0 Å².